The summed E-state index contributed by atoms with van der Waals surface area (Å²) in [6, 6.07) is 4.25. The number of amides is 1. The Balaban J connectivity index is 2.09. The van der Waals surface area contributed by atoms with Gasteiger partial charge in [0.2, 0.25) is 5.95 Å². The third kappa shape index (κ3) is 2.79. The van der Waals surface area contributed by atoms with E-state index in [2.05, 4.69) is 4.98 Å². The fraction of sp³-hybridized carbons (Fsp3) is 0.500. The van der Waals surface area contributed by atoms with Crippen molar-refractivity contribution in [3.05, 3.63) is 29.8 Å². The molecule has 1 saturated heterocycles. The molecular formula is C12H15FN2O2. The Hall–Kier alpha value is -1.49. The second kappa shape index (κ2) is 5.23. The van der Waals surface area contributed by atoms with Gasteiger partial charge in [0.1, 0.15) is 5.69 Å². The molecule has 4 nitrogen and oxygen atoms in total. The number of hydrogen-bond donors (Lipinski definition) is 0. The van der Waals surface area contributed by atoms with Crippen molar-refractivity contribution in [2.75, 3.05) is 20.2 Å². The van der Waals surface area contributed by atoms with Crippen molar-refractivity contribution in [1.29, 1.82) is 0 Å². The molecule has 0 bridgehead atoms. The second-order valence-electron chi connectivity index (χ2n) is 4.10. The smallest absolute Gasteiger partial charge is 0.272 e. The van der Waals surface area contributed by atoms with E-state index >= 15 is 0 Å². The molecule has 0 saturated carbocycles. The summed E-state index contributed by atoms with van der Waals surface area (Å²) in [5.74, 6) is -0.859. The van der Waals surface area contributed by atoms with Crippen molar-refractivity contribution in [3.8, 4) is 0 Å². The average Bonchev–Trinajstić information content (AvgIpc) is 2.38. The normalized spacial score (nSPS) is 20.4. The van der Waals surface area contributed by atoms with E-state index in [-0.39, 0.29) is 17.7 Å². The summed E-state index contributed by atoms with van der Waals surface area (Å²) < 4.78 is 18.2. The molecule has 1 unspecified atom stereocenters. The summed E-state index contributed by atoms with van der Waals surface area (Å²) in [7, 11) is 1.64. The van der Waals surface area contributed by atoms with E-state index < -0.39 is 5.95 Å². The van der Waals surface area contributed by atoms with Gasteiger partial charge >= 0.3 is 0 Å². The highest BCUT2D eigenvalue weighted by molar-refractivity contribution is 5.92. The van der Waals surface area contributed by atoms with Gasteiger partial charge in [-0.25, -0.2) is 4.98 Å². The van der Waals surface area contributed by atoms with Crippen LogP contribution in [0, 0.1) is 5.95 Å². The number of aromatic nitrogens is 1. The number of hydrogen-bond acceptors (Lipinski definition) is 3. The van der Waals surface area contributed by atoms with Gasteiger partial charge in [0.25, 0.3) is 5.91 Å². The molecule has 2 heterocycles. The standard InChI is InChI=1S/C12H15FN2O2/c1-17-9-4-3-7-15(8-9)12(16)10-5-2-6-11(13)14-10/h2,5-6,9H,3-4,7-8H2,1H3. The fourth-order valence-corrected chi connectivity index (χ4v) is 2.00. The van der Waals surface area contributed by atoms with E-state index in [4.69, 9.17) is 4.74 Å². The van der Waals surface area contributed by atoms with E-state index in [1.54, 1.807) is 12.0 Å². The monoisotopic (exact) mass is 238 g/mol. The zero-order valence-corrected chi connectivity index (χ0v) is 9.73. The number of ether oxygens (including phenoxy) is 1. The van der Waals surface area contributed by atoms with Gasteiger partial charge in [0.15, 0.2) is 0 Å². The fourth-order valence-electron chi connectivity index (χ4n) is 2.00. The van der Waals surface area contributed by atoms with Crippen LogP contribution in [0.3, 0.4) is 0 Å². The van der Waals surface area contributed by atoms with Gasteiger partial charge in [-0.1, -0.05) is 6.07 Å². The van der Waals surface area contributed by atoms with Crippen molar-refractivity contribution in [2.45, 2.75) is 18.9 Å². The summed E-state index contributed by atoms with van der Waals surface area (Å²) in [5.41, 5.74) is 0.154. The van der Waals surface area contributed by atoms with Gasteiger partial charge in [0.05, 0.1) is 6.10 Å². The number of halogens is 1. The van der Waals surface area contributed by atoms with Crippen LogP contribution in [0.5, 0.6) is 0 Å². The van der Waals surface area contributed by atoms with Crippen LogP contribution in [0.25, 0.3) is 0 Å². The molecule has 17 heavy (non-hydrogen) atoms. The Morgan fingerprint density at radius 2 is 2.41 bits per heavy atom. The Labute approximate surface area is 99.4 Å². The molecule has 0 radical (unpaired) electrons. The van der Waals surface area contributed by atoms with Crippen molar-refractivity contribution in [3.63, 3.8) is 0 Å². The van der Waals surface area contributed by atoms with Crippen molar-refractivity contribution < 1.29 is 13.9 Å². The number of rotatable bonds is 2. The summed E-state index contributed by atoms with van der Waals surface area (Å²) in [4.78, 5) is 17.3. The number of nitrogens with zero attached hydrogens (tertiary/aromatic N) is 2. The number of methoxy groups -OCH3 is 1. The van der Waals surface area contributed by atoms with Crippen molar-refractivity contribution in [2.24, 2.45) is 0 Å². The first kappa shape index (κ1) is 12.0. The molecule has 1 aromatic heterocycles. The largest absolute Gasteiger partial charge is 0.380 e. The highest BCUT2D eigenvalue weighted by Crippen LogP contribution is 2.14. The predicted molar refractivity (Wildman–Crippen MR) is 60.1 cm³/mol. The topological polar surface area (TPSA) is 42.4 Å². The van der Waals surface area contributed by atoms with Gasteiger partial charge in [-0.15, -0.1) is 0 Å². The number of carbonyl (C=O) groups is 1. The molecule has 2 rings (SSSR count). The average molecular weight is 238 g/mol. The minimum atomic E-state index is -0.629. The first-order chi connectivity index (χ1) is 8.20. The number of carbonyl (C=O) groups excluding carboxylic acids is 1. The van der Waals surface area contributed by atoms with E-state index in [0.717, 1.165) is 12.8 Å². The van der Waals surface area contributed by atoms with Gasteiger partial charge in [-0.05, 0) is 25.0 Å². The Kier molecular flexibility index (Phi) is 3.68. The molecule has 0 N–H and O–H groups in total. The molecule has 1 fully saturated rings. The minimum absolute atomic E-state index is 0.0706. The molecule has 1 amide bonds. The van der Waals surface area contributed by atoms with Crippen LogP contribution in [-0.4, -0.2) is 42.1 Å². The highest BCUT2D eigenvalue weighted by Gasteiger charge is 2.25. The van der Waals surface area contributed by atoms with Gasteiger partial charge < -0.3 is 9.64 Å². The molecule has 0 aromatic carbocycles. The number of likely N-dealkylation sites (tertiary alicyclic amines) is 1. The predicted octanol–water partition coefficient (Wildman–Crippen LogP) is 1.47. The van der Waals surface area contributed by atoms with E-state index in [1.165, 1.54) is 18.2 Å². The molecule has 5 heteroatoms. The van der Waals surface area contributed by atoms with Crippen molar-refractivity contribution >= 4 is 5.91 Å². The zero-order valence-electron chi connectivity index (χ0n) is 9.73. The van der Waals surface area contributed by atoms with Crippen molar-refractivity contribution in [1.82, 2.24) is 9.88 Å². The van der Waals surface area contributed by atoms with Crippen LogP contribution >= 0.6 is 0 Å². The van der Waals surface area contributed by atoms with E-state index in [0.29, 0.717) is 13.1 Å². The molecule has 0 aliphatic carbocycles. The van der Waals surface area contributed by atoms with Crippen LogP contribution < -0.4 is 0 Å². The number of pyridine rings is 1. The van der Waals surface area contributed by atoms with Gasteiger partial charge in [-0.3, -0.25) is 4.79 Å². The summed E-state index contributed by atoms with van der Waals surface area (Å²) >= 11 is 0. The number of piperidine rings is 1. The lowest BCUT2D eigenvalue weighted by molar-refractivity contribution is 0.0265. The molecular weight excluding hydrogens is 223 g/mol. The first-order valence-electron chi connectivity index (χ1n) is 5.65. The van der Waals surface area contributed by atoms with Crippen LogP contribution in [0.4, 0.5) is 4.39 Å². The van der Waals surface area contributed by atoms with Crippen LogP contribution in [0.2, 0.25) is 0 Å². The third-order valence-corrected chi connectivity index (χ3v) is 2.93. The summed E-state index contributed by atoms with van der Waals surface area (Å²) in [6.07, 6.45) is 1.93. The maximum Gasteiger partial charge on any atom is 0.272 e. The van der Waals surface area contributed by atoms with Crippen LogP contribution in [0.1, 0.15) is 23.3 Å². The maximum atomic E-state index is 12.9. The van der Waals surface area contributed by atoms with Gasteiger partial charge in [0, 0.05) is 20.2 Å². The Bertz CT molecular complexity index is 411. The summed E-state index contributed by atoms with van der Waals surface area (Å²) in [5, 5.41) is 0. The van der Waals surface area contributed by atoms with E-state index in [1.807, 2.05) is 0 Å². The Morgan fingerprint density at radius 1 is 1.59 bits per heavy atom. The maximum absolute atomic E-state index is 12.9. The highest BCUT2D eigenvalue weighted by atomic mass is 19.1. The summed E-state index contributed by atoms with van der Waals surface area (Å²) in [6.45, 7) is 1.23. The van der Waals surface area contributed by atoms with Crippen LogP contribution in [-0.2, 0) is 4.74 Å². The lowest BCUT2D eigenvalue weighted by Gasteiger charge is -2.31. The van der Waals surface area contributed by atoms with Crippen LogP contribution in [0.15, 0.2) is 18.2 Å². The first-order valence-corrected chi connectivity index (χ1v) is 5.65. The molecule has 1 aromatic rings. The van der Waals surface area contributed by atoms with E-state index in [9.17, 15) is 9.18 Å². The molecule has 1 aliphatic heterocycles. The molecule has 1 atom stereocenters. The van der Waals surface area contributed by atoms with Gasteiger partial charge in [-0.2, -0.15) is 4.39 Å². The quantitative estimate of drug-likeness (QED) is 0.733. The Morgan fingerprint density at radius 3 is 3.12 bits per heavy atom. The second-order valence-corrected chi connectivity index (χ2v) is 4.10. The zero-order chi connectivity index (χ0) is 12.3. The molecule has 0 spiro atoms. The molecule has 1 aliphatic rings. The minimum Gasteiger partial charge on any atom is -0.380 e. The SMILES string of the molecule is COC1CCCN(C(=O)c2cccc(F)n2)C1. The third-order valence-electron chi connectivity index (χ3n) is 2.93. The molecule has 92 valence electrons. The lowest BCUT2D eigenvalue weighted by Crippen LogP contribution is -2.43. The lowest BCUT2D eigenvalue weighted by atomic mass is 10.1.